The van der Waals surface area contributed by atoms with Crippen molar-refractivity contribution >= 4 is 5.91 Å². The van der Waals surface area contributed by atoms with Gasteiger partial charge in [-0.15, -0.1) is 0 Å². The summed E-state index contributed by atoms with van der Waals surface area (Å²) in [6.07, 6.45) is 3.96. The lowest BCUT2D eigenvalue weighted by Crippen LogP contribution is -2.41. The number of amides is 1. The van der Waals surface area contributed by atoms with Crippen LogP contribution in [0.1, 0.15) is 25.0 Å². The molecule has 24 heavy (non-hydrogen) atoms. The van der Waals surface area contributed by atoms with E-state index in [1.165, 1.54) is 0 Å². The minimum Gasteiger partial charge on any atom is -0.345 e. The van der Waals surface area contributed by atoms with Gasteiger partial charge >= 0.3 is 0 Å². The van der Waals surface area contributed by atoms with Crippen molar-refractivity contribution in [2.24, 2.45) is 5.92 Å². The summed E-state index contributed by atoms with van der Waals surface area (Å²) in [5.74, 6) is 0.428. The number of aromatic nitrogens is 2. The second-order valence-electron chi connectivity index (χ2n) is 6.55. The Bertz CT molecular complexity index is 646. The minimum atomic E-state index is 0.153. The molecule has 1 amide bonds. The molecule has 1 aliphatic heterocycles. The van der Waals surface area contributed by atoms with E-state index < -0.39 is 0 Å². The van der Waals surface area contributed by atoms with Gasteiger partial charge in [0.1, 0.15) is 0 Å². The van der Waals surface area contributed by atoms with Gasteiger partial charge in [-0.05, 0) is 38.3 Å². The summed E-state index contributed by atoms with van der Waals surface area (Å²) in [7, 11) is 1.92. The Hall–Kier alpha value is -2.14. The highest BCUT2D eigenvalue weighted by Gasteiger charge is 2.23. The molecule has 0 spiro atoms. The lowest BCUT2D eigenvalue weighted by atomic mass is 9.98. The van der Waals surface area contributed by atoms with Gasteiger partial charge in [0.15, 0.2) is 0 Å². The van der Waals surface area contributed by atoms with E-state index in [-0.39, 0.29) is 11.8 Å². The molecule has 0 bridgehead atoms. The van der Waals surface area contributed by atoms with Crippen molar-refractivity contribution < 1.29 is 4.79 Å². The van der Waals surface area contributed by atoms with Gasteiger partial charge in [-0.25, -0.2) is 0 Å². The first-order valence-electron chi connectivity index (χ1n) is 8.79. The summed E-state index contributed by atoms with van der Waals surface area (Å²) in [5, 5.41) is 10.8. The van der Waals surface area contributed by atoms with Gasteiger partial charge in [0.05, 0.1) is 11.6 Å². The molecule has 1 fully saturated rings. The zero-order chi connectivity index (χ0) is 16.8. The quantitative estimate of drug-likeness (QED) is 0.857. The van der Waals surface area contributed by atoms with E-state index in [1.807, 2.05) is 30.1 Å². The predicted octanol–water partition coefficient (Wildman–Crippen LogP) is 2.47. The van der Waals surface area contributed by atoms with E-state index in [9.17, 15) is 4.79 Å². The summed E-state index contributed by atoms with van der Waals surface area (Å²) < 4.78 is 0. The molecule has 3 rings (SSSR count). The number of benzene rings is 1. The van der Waals surface area contributed by atoms with Crippen molar-refractivity contribution in [2.75, 3.05) is 26.7 Å². The highest BCUT2D eigenvalue weighted by atomic mass is 16.2. The van der Waals surface area contributed by atoms with Gasteiger partial charge in [-0.1, -0.05) is 30.3 Å². The van der Waals surface area contributed by atoms with Gasteiger partial charge in [-0.3, -0.25) is 9.89 Å². The molecule has 1 aliphatic rings. The van der Waals surface area contributed by atoms with Crippen LogP contribution in [0.5, 0.6) is 0 Å². The van der Waals surface area contributed by atoms with Crippen LogP contribution in [-0.4, -0.2) is 47.7 Å². The van der Waals surface area contributed by atoms with E-state index >= 15 is 0 Å². The Morgan fingerprint density at radius 2 is 2.17 bits per heavy atom. The SMILES string of the molecule is CN(CCCc1cc(-c2ccccc2)n[nH]1)C(=O)[C@@H]1CCCNC1. The molecule has 2 heterocycles. The Kier molecular flexibility index (Phi) is 5.64. The highest BCUT2D eigenvalue weighted by molar-refractivity contribution is 5.78. The summed E-state index contributed by atoms with van der Waals surface area (Å²) in [6.45, 7) is 2.65. The van der Waals surface area contributed by atoms with Crippen molar-refractivity contribution in [3.8, 4) is 11.3 Å². The Labute approximate surface area is 143 Å². The third-order valence-electron chi connectivity index (χ3n) is 4.66. The van der Waals surface area contributed by atoms with Crippen LogP contribution in [0.2, 0.25) is 0 Å². The zero-order valence-electron chi connectivity index (χ0n) is 14.3. The fourth-order valence-corrected chi connectivity index (χ4v) is 3.24. The van der Waals surface area contributed by atoms with E-state index in [1.54, 1.807) is 0 Å². The number of aryl methyl sites for hydroxylation is 1. The van der Waals surface area contributed by atoms with E-state index in [2.05, 4.69) is 33.7 Å². The largest absolute Gasteiger partial charge is 0.345 e. The number of carbonyl (C=O) groups is 1. The van der Waals surface area contributed by atoms with Gasteiger partial charge < -0.3 is 10.2 Å². The van der Waals surface area contributed by atoms with E-state index in [0.717, 1.165) is 62.3 Å². The smallest absolute Gasteiger partial charge is 0.226 e. The maximum Gasteiger partial charge on any atom is 0.226 e. The van der Waals surface area contributed by atoms with Crippen LogP contribution >= 0.6 is 0 Å². The molecular weight excluding hydrogens is 300 g/mol. The number of rotatable bonds is 6. The van der Waals surface area contributed by atoms with Gasteiger partial charge in [0.2, 0.25) is 5.91 Å². The van der Waals surface area contributed by atoms with Crippen molar-refractivity contribution in [1.29, 1.82) is 0 Å². The second kappa shape index (κ2) is 8.11. The fourth-order valence-electron chi connectivity index (χ4n) is 3.24. The van der Waals surface area contributed by atoms with Crippen LogP contribution in [0, 0.1) is 5.92 Å². The first kappa shape index (κ1) is 16.7. The molecule has 1 aromatic carbocycles. The Morgan fingerprint density at radius 1 is 1.33 bits per heavy atom. The number of nitrogens with one attached hydrogen (secondary N) is 2. The van der Waals surface area contributed by atoms with Crippen molar-refractivity contribution in [2.45, 2.75) is 25.7 Å². The molecule has 1 atom stereocenters. The normalized spacial score (nSPS) is 17.6. The van der Waals surface area contributed by atoms with Crippen molar-refractivity contribution in [3.05, 3.63) is 42.1 Å². The molecule has 5 nitrogen and oxygen atoms in total. The summed E-state index contributed by atoms with van der Waals surface area (Å²) in [6, 6.07) is 12.3. The van der Waals surface area contributed by atoms with Gasteiger partial charge in [0, 0.05) is 31.4 Å². The minimum absolute atomic E-state index is 0.153. The van der Waals surface area contributed by atoms with Crippen LogP contribution in [0.25, 0.3) is 11.3 Å². The molecule has 2 N–H and O–H groups in total. The first-order chi connectivity index (χ1) is 11.7. The first-order valence-corrected chi connectivity index (χ1v) is 8.79. The highest BCUT2D eigenvalue weighted by Crippen LogP contribution is 2.18. The second-order valence-corrected chi connectivity index (χ2v) is 6.55. The average molecular weight is 326 g/mol. The van der Waals surface area contributed by atoms with Gasteiger partial charge in [0.25, 0.3) is 0 Å². The number of H-pyrrole nitrogens is 1. The van der Waals surface area contributed by atoms with Crippen LogP contribution in [0.15, 0.2) is 36.4 Å². The van der Waals surface area contributed by atoms with Crippen LogP contribution in [0.4, 0.5) is 0 Å². The Morgan fingerprint density at radius 3 is 2.92 bits per heavy atom. The average Bonchev–Trinajstić information content (AvgIpc) is 3.11. The summed E-state index contributed by atoms with van der Waals surface area (Å²) in [4.78, 5) is 14.3. The molecule has 0 unspecified atom stereocenters. The predicted molar refractivity (Wildman–Crippen MR) is 95.6 cm³/mol. The number of hydrogen-bond acceptors (Lipinski definition) is 3. The van der Waals surface area contributed by atoms with Crippen LogP contribution in [-0.2, 0) is 11.2 Å². The van der Waals surface area contributed by atoms with Crippen molar-refractivity contribution in [3.63, 3.8) is 0 Å². The van der Waals surface area contributed by atoms with Crippen molar-refractivity contribution in [1.82, 2.24) is 20.4 Å². The summed E-state index contributed by atoms with van der Waals surface area (Å²) >= 11 is 0. The summed E-state index contributed by atoms with van der Waals surface area (Å²) in [5.41, 5.74) is 3.22. The third-order valence-corrected chi connectivity index (χ3v) is 4.66. The number of aromatic amines is 1. The van der Waals surface area contributed by atoms with Crippen LogP contribution < -0.4 is 5.32 Å². The van der Waals surface area contributed by atoms with Gasteiger partial charge in [-0.2, -0.15) is 5.10 Å². The number of nitrogens with zero attached hydrogens (tertiary/aromatic N) is 2. The number of piperidine rings is 1. The lowest BCUT2D eigenvalue weighted by Gasteiger charge is -2.27. The molecule has 1 saturated heterocycles. The molecule has 0 saturated carbocycles. The molecule has 128 valence electrons. The van der Waals surface area contributed by atoms with Crippen LogP contribution in [0.3, 0.4) is 0 Å². The lowest BCUT2D eigenvalue weighted by molar-refractivity contribution is -0.134. The molecule has 0 radical (unpaired) electrons. The third kappa shape index (κ3) is 4.23. The standard InChI is InChI=1S/C19H26N4O/c1-23(19(24)16-9-5-11-20-14-16)12-6-10-17-13-18(22-21-17)15-7-3-2-4-8-15/h2-4,7-8,13,16,20H,5-6,9-12,14H2,1H3,(H,21,22)/t16-/m1/s1. The Balaban J connectivity index is 1.46. The molecule has 5 heteroatoms. The molecule has 1 aromatic heterocycles. The monoisotopic (exact) mass is 326 g/mol. The number of carbonyl (C=O) groups excluding carboxylic acids is 1. The maximum absolute atomic E-state index is 12.4. The topological polar surface area (TPSA) is 61.0 Å². The zero-order valence-corrected chi connectivity index (χ0v) is 14.3. The fraction of sp³-hybridized carbons (Fsp3) is 0.474. The van der Waals surface area contributed by atoms with E-state index in [0.29, 0.717) is 0 Å². The molecular formula is C19H26N4O. The molecule has 2 aromatic rings. The maximum atomic E-state index is 12.4. The van der Waals surface area contributed by atoms with E-state index in [4.69, 9.17) is 0 Å². The molecule has 0 aliphatic carbocycles. The number of hydrogen-bond donors (Lipinski definition) is 2.